The zero-order chi connectivity index (χ0) is 13.2. The number of carbonyl (C=O) groups excluding carboxylic acids is 1. The van der Waals surface area contributed by atoms with Crippen LogP contribution >= 0.6 is 0 Å². The van der Waals surface area contributed by atoms with E-state index in [1.807, 2.05) is 24.3 Å². The summed E-state index contributed by atoms with van der Waals surface area (Å²) in [5, 5.41) is 11.9. The van der Waals surface area contributed by atoms with Crippen LogP contribution in [0, 0.1) is 11.3 Å². The van der Waals surface area contributed by atoms with Crippen molar-refractivity contribution in [2.75, 3.05) is 6.54 Å². The van der Waals surface area contributed by atoms with Gasteiger partial charge < -0.3 is 10.4 Å². The minimum absolute atomic E-state index is 0.0772. The highest BCUT2D eigenvalue weighted by atomic mass is 16.3. The maximum absolute atomic E-state index is 11.8. The minimum atomic E-state index is 0.0772. The van der Waals surface area contributed by atoms with Gasteiger partial charge in [0.25, 0.3) is 0 Å². The molecule has 0 radical (unpaired) electrons. The lowest BCUT2D eigenvalue weighted by Crippen LogP contribution is -2.28. The molecular weight excluding hydrogens is 226 g/mol. The quantitative estimate of drug-likeness (QED) is 0.834. The third-order valence-electron chi connectivity index (χ3n) is 3.75. The monoisotopic (exact) mass is 247 g/mol. The number of benzene rings is 1. The Labute approximate surface area is 108 Å². The lowest BCUT2D eigenvalue weighted by Gasteiger charge is -2.07. The van der Waals surface area contributed by atoms with Gasteiger partial charge in [0, 0.05) is 12.5 Å². The van der Waals surface area contributed by atoms with E-state index in [0.29, 0.717) is 6.54 Å². The molecule has 1 atom stereocenters. The van der Waals surface area contributed by atoms with E-state index in [9.17, 15) is 4.79 Å². The topological polar surface area (TPSA) is 49.3 Å². The number of hydrogen-bond acceptors (Lipinski definition) is 2. The Morgan fingerprint density at radius 3 is 2.39 bits per heavy atom. The second-order valence-corrected chi connectivity index (χ2v) is 5.76. The van der Waals surface area contributed by atoms with E-state index in [1.54, 1.807) is 0 Å². The summed E-state index contributed by atoms with van der Waals surface area (Å²) in [6.45, 7) is 5.02. The summed E-state index contributed by atoms with van der Waals surface area (Å²) < 4.78 is 0. The first-order chi connectivity index (χ1) is 8.53. The average molecular weight is 247 g/mol. The van der Waals surface area contributed by atoms with Gasteiger partial charge in [-0.1, -0.05) is 38.1 Å². The van der Waals surface area contributed by atoms with Crippen LogP contribution in [0.3, 0.4) is 0 Å². The van der Waals surface area contributed by atoms with Crippen LogP contribution in [0.4, 0.5) is 0 Å². The van der Waals surface area contributed by atoms with Gasteiger partial charge in [0.05, 0.1) is 6.61 Å². The summed E-state index contributed by atoms with van der Waals surface area (Å²) in [6.07, 6.45) is 1.84. The van der Waals surface area contributed by atoms with E-state index in [4.69, 9.17) is 5.11 Å². The summed E-state index contributed by atoms with van der Waals surface area (Å²) in [5.74, 6) is 0.390. The van der Waals surface area contributed by atoms with Gasteiger partial charge in [-0.15, -0.1) is 0 Å². The molecule has 1 amide bonds. The first-order valence-corrected chi connectivity index (χ1v) is 6.49. The SMILES string of the molecule is CC1(C)CC1C(=O)NCCc1ccc(CO)cc1. The average Bonchev–Trinajstić information content (AvgIpc) is 2.99. The van der Waals surface area contributed by atoms with E-state index in [2.05, 4.69) is 19.2 Å². The Bertz CT molecular complexity index is 423. The minimum Gasteiger partial charge on any atom is -0.392 e. The number of aliphatic hydroxyl groups excluding tert-OH is 1. The van der Waals surface area contributed by atoms with Gasteiger partial charge >= 0.3 is 0 Å². The van der Waals surface area contributed by atoms with Crippen molar-refractivity contribution in [3.8, 4) is 0 Å². The highest BCUT2D eigenvalue weighted by molar-refractivity contribution is 5.82. The fraction of sp³-hybridized carbons (Fsp3) is 0.533. The summed E-state index contributed by atoms with van der Waals surface area (Å²) >= 11 is 0. The summed E-state index contributed by atoms with van der Waals surface area (Å²) in [7, 11) is 0. The molecule has 0 saturated heterocycles. The first-order valence-electron chi connectivity index (χ1n) is 6.49. The van der Waals surface area contributed by atoms with Gasteiger partial charge in [-0.3, -0.25) is 4.79 Å². The number of nitrogens with one attached hydrogen (secondary N) is 1. The molecule has 1 aromatic carbocycles. The van der Waals surface area contributed by atoms with Crippen LogP contribution in [0.25, 0.3) is 0 Å². The van der Waals surface area contributed by atoms with Crippen molar-refractivity contribution in [2.24, 2.45) is 11.3 Å². The van der Waals surface area contributed by atoms with E-state index in [1.165, 1.54) is 5.56 Å². The Morgan fingerprint density at radius 2 is 1.89 bits per heavy atom. The number of rotatable bonds is 5. The molecule has 2 rings (SSSR count). The second kappa shape index (κ2) is 5.11. The molecule has 3 heteroatoms. The zero-order valence-corrected chi connectivity index (χ0v) is 11.1. The molecule has 0 aliphatic heterocycles. The Hall–Kier alpha value is -1.35. The van der Waals surface area contributed by atoms with Crippen LogP contribution < -0.4 is 5.32 Å². The summed E-state index contributed by atoms with van der Waals surface area (Å²) in [4.78, 5) is 11.8. The molecule has 1 aliphatic carbocycles. The normalized spacial score (nSPS) is 20.5. The van der Waals surface area contributed by atoms with Crippen LogP contribution in [0.5, 0.6) is 0 Å². The second-order valence-electron chi connectivity index (χ2n) is 5.76. The molecule has 0 aromatic heterocycles. The number of hydrogen-bond donors (Lipinski definition) is 2. The molecule has 1 aromatic rings. The summed E-state index contributed by atoms with van der Waals surface area (Å²) in [6, 6.07) is 7.83. The lowest BCUT2D eigenvalue weighted by atomic mass is 10.1. The van der Waals surface area contributed by atoms with Gasteiger partial charge in [-0.2, -0.15) is 0 Å². The smallest absolute Gasteiger partial charge is 0.223 e. The third kappa shape index (κ3) is 3.10. The van der Waals surface area contributed by atoms with Crippen molar-refractivity contribution < 1.29 is 9.90 Å². The molecule has 1 unspecified atom stereocenters. The van der Waals surface area contributed by atoms with Gasteiger partial charge in [-0.25, -0.2) is 0 Å². The third-order valence-corrected chi connectivity index (χ3v) is 3.75. The molecule has 0 bridgehead atoms. The molecule has 0 heterocycles. The van der Waals surface area contributed by atoms with Crippen molar-refractivity contribution in [1.29, 1.82) is 0 Å². The maximum Gasteiger partial charge on any atom is 0.223 e. The number of aliphatic hydroxyl groups is 1. The van der Waals surface area contributed by atoms with Gasteiger partial charge in [0.15, 0.2) is 0 Å². The Kier molecular flexibility index (Phi) is 3.71. The van der Waals surface area contributed by atoms with Crippen molar-refractivity contribution in [3.05, 3.63) is 35.4 Å². The summed E-state index contributed by atoms with van der Waals surface area (Å²) in [5.41, 5.74) is 2.30. The predicted octanol–water partition coefficient (Wildman–Crippen LogP) is 1.88. The van der Waals surface area contributed by atoms with Gasteiger partial charge in [0.1, 0.15) is 0 Å². The van der Waals surface area contributed by atoms with E-state index < -0.39 is 0 Å². The molecular formula is C15H21NO2. The highest BCUT2D eigenvalue weighted by Gasteiger charge is 2.50. The highest BCUT2D eigenvalue weighted by Crippen LogP contribution is 2.51. The standard InChI is InChI=1S/C15H21NO2/c1-15(2)9-13(15)14(18)16-8-7-11-3-5-12(10-17)6-4-11/h3-6,13,17H,7-10H2,1-2H3,(H,16,18). The Morgan fingerprint density at radius 1 is 1.33 bits per heavy atom. The van der Waals surface area contributed by atoms with Crippen molar-refractivity contribution in [2.45, 2.75) is 33.3 Å². The molecule has 1 fully saturated rings. The van der Waals surface area contributed by atoms with E-state index in [0.717, 1.165) is 18.4 Å². The molecule has 3 nitrogen and oxygen atoms in total. The largest absolute Gasteiger partial charge is 0.392 e. The van der Waals surface area contributed by atoms with Crippen molar-refractivity contribution in [3.63, 3.8) is 0 Å². The predicted molar refractivity (Wildman–Crippen MR) is 71.0 cm³/mol. The fourth-order valence-electron chi connectivity index (χ4n) is 2.18. The van der Waals surface area contributed by atoms with Crippen LogP contribution in [0.1, 0.15) is 31.4 Å². The molecule has 0 spiro atoms. The molecule has 18 heavy (non-hydrogen) atoms. The number of carbonyl (C=O) groups is 1. The van der Waals surface area contributed by atoms with Crippen LogP contribution in [-0.2, 0) is 17.8 Å². The van der Waals surface area contributed by atoms with E-state index in [-0.39, 0.29) is 23.8 Å². The number of amides is 1. The first kappa shape index (κ1) is 13.1. The van der Waals surface area contributed by atoms with Crippen LogP contribution in [-0.4, -0.2) is 17.6 Å². The van der Waals surface area contributed by atoms with Gasteiger partial charge in [-0.05, 0) is 29.4 Å². The van der Waals surface area contributed by atoms with Crippen molar-refractivity contribution >= 4 is 5.91 Å². The molecule has 2 N–H and O–H groups in total. The molecule has 98 valence electrons. The van der Waals surface area contributed by atoms with Gasteiger partial charge in [0.2, 0.25) is 5.91 Å². The molecule has 1 aliphatic rings. The maximum atomic E-state index is 11.8. The van der Waals surface area contributed by atoms with E-state index >= 15 is 0 Å². The Balaban J connectivity index is 1.73. The van der Waals surface area contributed by atoms with Crippen LogP contribution in [0.2, 0.25) is 0 Å². The molecule has 1 saturated carbocycles. The fourth-order valence-corrected chi connectivity index (χ4v) is 2.18. The van der Waals surface area contributed by atoms with Crippen molar-refractivity contribution in [1.82, 2.24) is 5.32 Å². The zero-order valence-electron chi connectivity index (χ0n) is 11.1. The lowest BCUT2D eigenvalue weighted by molar-refractivity contribution is -0.122. The van der Waals surface area contributed by atoms with Crippen LogP contribution in [0.15, 0.2) is 24.3 Å².